The Morgan fingerprint density at radius 1 is 1.62 bits per heavy atom. The molecule has 1 rings (SSSR count). The van der Waals surface area contributed by atoms with Crippen molar-refractivity contribution in [3.05, 3.63) is 17.4 Å². The number of nitrogens with zero attached hydrogens (tertiary/aromatic N) is 2. The quantitative estimate of drug-likeness (QED) is 0.811. The highest BCUT2D eigenvalue weighted by Gasteiger charge is 2.01. The van der Waals surface area contributed by atoms with Crippen molar-refractivity contribution in [3.8, 4) is 0 Å². The van der Waals surface area contributed by atoms with Crippen LogP contribution < -0.4 is 5.32 Å². The van der Waals surface area contributed by atoms with Crippen LogP contribution in [-0.4, -0.2) is 16.2 Å². The summed E-state index contributed by atoms with van der Waals surface area (Å²) in [6.07, 6.45) is 3.98. The molecule has 0 aliphatic carbocycles. The van der Waals surface area contributed by atoms with Crippen LogP contribution in [-0.2, 0) is 0 Å². The average Bonchev–Trinajstić information content (AvgIpc) is 2.04. The van der Waals surface area contributed by atoms with Gasteiger partial charge in [0.25, 0.3) is 0 Å². The van der Waals surface area contributed by atoms with E-state index >= 15 is 0 Å². The lowest BCUT2D eigenvalue weighted by Crippen LogP contribution is -2.14. The molecule has 1 unspecified atom stereocenters. The van der Waals surface area contributed by atoms with Crippen molar-refractivity contribution >= 4 is 17.3 Å². The van der Waals surface area contributed by atoms with E-state index in [-0.39, 0.29) is 0 Å². The Bertz CT molecular complexity index is 265. The van der Waals surface area contributed by atoms with Crippen molar-refractivity contribution in [2.45, 2.75) is 32.7 Å². The van der Waals surface area contributed by atoms with E-state index in [1.807, 2.05) is 0 Å². The monoisotopic (exact) mass is 199 g/mol. The van der Waals surface area contributed by atoms with Gasteiger partial charge < -0.3 is 5.32 Å². The zero-order valence-corrected chi connectivity index (χ0v) is 8.67. The number of hydrogen-bond donors (Lipinski definition) is 1. The average molecular weight is 200 g/mol. The highest BCUT2D eigenvalue weighted by Crippen LogP contribution is 2.12. The molecule has 0 spiro atoms. The first-order valence-corrected chi connectivity index (χ1v) is 4.85. The number of rotatable bonds is 4. The van der Waals surface area contributed by atoms with Crippen molar-refractivity contribution in [2.24, 2.45) is 0 Å². The van der Waals surface area contributed by atoms with Gasteiger partial charge in [-0.15, -0.1) is 5.10 Å². The van der Waals surface area contributed by atoms with E-state index in [4.69, 9.17) is 11.6 Å². The Balaban J connectivity index is 2.53. The molecule has 0 fully saturated rings. The Kier molecular flexibility index (Phi) is 3.96. The lowest BCUT2D eigenvalue weighted by Gasteiger charge is -2.13. The van der Waals surface area contributed by atoms with Crippen molar-refractivity contribution < 1.29 is 0 Å². The topological polar surface area (TPSA) is 37.8 Å². The molecule has 1 aromatic rings. The molecule has 1 atom stereocenters. The third-order valence-corrected chi connectivity index (χ3v) is 1.94. The van der Waals surface area contributed by atoms with Crippen LogP contribution in [0.5, 0.6) is 0 Å². The summed E-state index contributed by atoms with van der Waals surface area (Å²) in [5.41, 5.74) is 0.931. The zero-order valence-electron chi connectivity index (χ0n) is 7.92. The molecule has 0 aliphatic rings. The summed E-state index contributed by atoms with van der Waals surface area (Å²) in [5, 5.41) is 11.1. The molecule has 0 saturated carbocycles. The Hall–Kier alpha value is -0.830. The summed E-state index contributed by atoms with van der Waals surface area (Å²) in [4.78, 5) is 0. The third kappa shape index (κ3) is 3.59. The third-order valence-electron chi connectivity index (χ3n) is 1.76. The first-order valence-electron chi connectivity index (χ1n) is 4.47. The smallest absolute Gasteiger partial charge is 0.153 e. The SMILES string of the molecule is CCCC(C)Nc1cnnc(Cl)c1. The van der Waals surface area contributed by atoms with Crippen molar-refractivity contribution in [1.29, 1.82) is 0 Å². The van der Waals surface area contributed by atoms with E-state index in [0.717, 1.165) is 12.1 Å². The van der Waals surface area contributed by atoms with Crippen LogP contribution in [0.3, 0.4) is 0 Å². The molecule has 0 aliphatic heterocycles. The molecule has 4 heteroatoms. The summed E-state index contributed by atoms with van der Waals surface area (Å²) < 4.78 is 0. The maximum absolute atomic E-state index is 5.69. The second kappa shape index (κ2) is 5.02. The predicted molar refractivity (Wildman–Crippen MR) is 55.0 cm³/mol. The molecular weight excluding hydrogens is 186 g/mol. The maximum atomic E-state index is 5.69. The van der Waals surface area contributed by atoms with E-state index < -0.39 is 0 Å². The van der Waals surface area contributed by atoms with Crippen LogP contribution in [0.25, 0.3) is 0 Å². The largest absolute Gasteiger partial charge is 0.381 e. The molecule has 72 valence electrons. The number of anilines is 1. The first kappa shape index (κ1) is 10.3. The van der Waals surface area contributed by atoms with Gasteiger partial charge in [-0.25, -0.2) is 0 Å². The molecular formula is C9H14ClN3. The number of hydrogen-bond acceptors (Lipinski definition) is 3. The predicted octanol–water partition coefficient (Wildman–Crippen LogP) is 2.73. The summed E-state index contributed by atoms with van der Waals surface area (Å²) >= 11 is 5.69. The molecule has 0 amide bonds. The van der Waals surface area contributed by atoms with Crippen molar-refractivity contribution in [2.75, 3.05) is 5.32 Å². The van der Waals surface area contributed by atoms with E-state index in [1.54, 1.807) is 12.3 Å². The summed E-state index contributed by atoms with van der Waals surface area (Å²) in [7, 11) is 0. The molecule has 1 heterocycles. The van der Waals surface area contributed by atoms with E-state index in [2.05, 4.69) is 29.4 Å². The standard InChI is InChI=1S/C9H14ClN3/c1-3-4-7(2)12-8-5-9(10)13-11-6-8/h5-7H,3-4H2,1-2H3,(H,12,13). The zero-order chi connectivity index (χ0) is 9.68. The van der Waals surface area contributed by atoms with Crippen LogP contribution in [0.2, 0.25) is 5.15 Å². The fourth-order valence-electron chi connectivity index (χ4n) is 1.21. The Morgan fingerprint density at radius 3 is 3.00 bits per heavy atom. The fraction of sp³-hybridized carbons (Fsp3) is 0.556. The summed E-state index contributed by atoms with van der Waals surface area (Å²) in [6, 6.07) is 2.23. The van der Waals surface area contributed by atoms with Crippen LogP contribution in [0.1, 0.15) is 26.7 Å². The van der Waals surface area contributed by atoms with Gasteiger partial charge in [-0.05, 0) is 13.3 Å². The normalized spacial score (nSPS) is 12.5. The van der Waals surface area contributed by atoms with Crippen molar-refractivity contribution in [1.82, 2.24) is 10.2 Å². The van der Waals surface area contributed by atoms with Gasteiger partial charge >= 0.3 is 0 Å². The molecule has 0 radical (unpaired) electrons. The fourth-order valence-corrected chi connectivity index (χ4v) is 1.37. The van der Waals surface area contributed by atoms with Crippen LogP contribution in [0.4, 0.5) is 5.69 Å². The summed E-state index contributed by atoms with van der Waals surface area (Å²) in [6.45, 7) is 4.30. The van der Waals surface area contributed by atoms with Gasteiger partial charge in [-0.2, -0.15) is 5.10 Å². The molecule has 0 bridgehead atoms. The molecule has 0 aromatic carbocycles. The Morgan fingerprint density at radius 2 is 2.38 bits per heavy atom. The lowest BCUT2D eigenvalue weighted by atomic mass is 10.2. The van der Waals surface area contributed by atoms with Gasteiger partial charge in [0.1, 0.15) is 0 Å². The minimum absolute atomic E-state index is 0.425. The van der Waals surface area contributed by atoms with Crippen molar-refractivity contribution in [3.63, 3.8) is 0 Å². The highest BCUT2D eigenvalue weighted by molar-refractivity contribution is 6.29. The summed E-state index contributed by atoms with van der Waals surface area (Å²) in [5.74, 6) is 0. The van der Waals surface area contributed by atoms with Crippen LogP contribution in [0, 0.1) is 0 Å². The second-order valence-corrected chi connectivity index (χ2v) is 3.49. The minimum Gasteiger partial charge on any atom is -0.381 e. The lowest BCUT2D eigenvalue weighted by molar-refractivity contribution is 0.689. The number of aromatic nitrogens is 2. The van der Waals surface area contributed by atoms with Gasteiger partial charge in [0.15, 0.2) is 5.15 Å². The van der Waals surface area contributed by atoms with Gasteiger partial charge in [0, 0.05) is 12.1 Å². The molecule has 1 N–H and O–H groups in total. The Labute approximate surface area is 83.5 Å². The highest BCUT2D eigenvalue weighted by atomic mass is 35.5. The van der Waals surface area contributed by atoms with E-state index in [1.165, 1.54) is 6.42 Å². The van der Waals surface area contributed by atoms with Gasteiger partial charge in [-0.1, -0.05) is 24.9 Å². The number of nitrogens with one attached hydrogen (secondary N) is 1. The number of halogens is 1. The maximum Gasteiger partial charge on any atom is 0.153 e. The van der Waals surface area contributed by atoms with Crippen LogP contribution >= 0.6 is 11.6 Å². The molecule has 3 nitrogen and oxygen atoms in total. The van der Waals surface area contributed by atoms with Gasteiger partial charge in [0.05, 0.1) is 11.9 Å². The van der Waals surface area contributed by atoms with Gasteiger partial charge in [-0.3, -0.25) is 0 Å². The van der Waals surface area contributed by atoms with Gasteiger partial charge in [0.2, 0.25) is 0 Å². The minimum atomic E-state index is 0.425. The molecule has 0 saturated heterocycles. The second-order valence-electron chi connectivity index (χ2n) is 3.10. The van der Waals surface area contributed by atoms with E-state index in [9.17, 15) is 0 Å². The van der Waals surface area contributed by atoms with E-state index in [0.29, 0.717) is 11.2 Å². The van der Waals surface area contributed by atoms with Crippen LogP contribution in [0.15, 0.2) is 12.3 Å². The molecule has 1 aromatic heterocycles. The first-order chi connectivity index (χ1) is 6.22. The molecule has 13 heavy (non-hydrogen) atoms.